The van der Waals surface area contributed by atoms with Gasteiger partial charge in [-0.1, -0.05) is 35.9 Å². The molecule has 0 aliphatic heterocycles. The molecule has 2 heterocycles. The zero-order valence-electron chi connectivity index (χ0n) is 13.5. The minimum Gasteiger partial charge on any atom is -0.399 e. The second kappa shape index (κ2) is 6.50. The topological polar surface area (TPSA) is 96.7 Å². The second-order valence-corrected chi connectivity index (χ2v) is 6.15. The molecule has 0 unspecified atom stereocenters. The number of nitrogens with one attached hydrogen (secondary N) is 2. The fourth-order valence-electron chi connectivity index (χ4n) is 2.63. The number of H-pyrrole nitrogens is 1. The van der Waals surface area contributed by atoms with E-state index in [-0.39, 0.29) is 5.91 Å². The second-order valence-electron chi connectivity index (χ2n) is 5.74. The van der Waals surface area contributed by atoms with E-state index in [1.54, 1.807) is 36.5 Å². The third-order valence-corrected chi connectivity index (χ3v) is 4.20. The summed E-state index contributed by atoms with van der Waals surface area (Å²) in [4.78, 5) is 24.3. The van der Waals surface area contributed by atoms with Crippen LogP contribution in [0.1, 0.15) is 10.4 Å². The molecule has 2 aromatic heterocycles. The van der Waals surface area contributed by atoms with Gasteiger partial charge in [-0.15, -0.1) is 0 Å². The predicted octanol–water partition coefficient (Wildman–Crippen LogP) is 4.11. The van der Waals surface area contributed by atoms with Crippen LogP contribution in [0, 0.1) is 0 Å². The van der Waals surface area contributed by atoms with Gasteiger partial charge in [-0.25, -0.2) is 9.97 Å². The number of halogens is 1. The average molecular weight is 364 g/mol. The van der Waals surface area contributed by atoms with E-state index in [1.807, 2.05) is 24.3 Å². The number of rotatable bonds is 3. The minimum atomic E-state index is -0.299. The number of anilines is 2. The summed E-state index contributed by atoms with van der Waals surface area (Å²) >= 11 is 6.06. The van der Waals surface area contributed by atoms with Gasteiger partial charge in [0.1, 0.15) is 5.82 Å². The SMILES string of the molecule is Nc1cccc(-c2nc3ncc(NC(=O)c4ccccc4Cl)cc3[nH]2)c1. The standard InChI is InChI=1S/C19H14ClN5O/c20-15-7-2-1-6-14(15)19(26)23-13-9-16-18(22-10-13)25-17(24-16)11-4-3-5-12(21)8-11/h1-10H,21H2,(H,23,26)(H,22,24,25). The number of nitrogen functional groups attached to an aromatic ring is 1. The number of hydrogen-bond acceptors (Lipinski definition) is 4. The van der Waals surface area contributed by atoms with Crippen LogP contribution in [0.3, 0.4) is 0 Å². The summed E-state index contributed by atoms with van der Waals surface area (Å²) in [6.45, 7) is 0. The summed E-state index contributed by atoms with van der Waals surface area (Å²) in [6, 6.07) is 16.1. The van der Waals surface area contributed by atoms with Gasteiger partial charge in [0.15, 0.2) is 5.65 Å². The molecular formula is C19H14ClN5O. The highest BCUT2D eigenvalue weighted by Crippen LogP contribution is 2.23. The summed E-state index contributed by atoms with van der Waals surface area (Å²) < 4.78 is 0. The van der Waals surface area contributed by atoms with Gasteiger partial charge in [0.2, 0.25) is 0 Å². The van der Waals surface area contributed by atoms with Gasteiger partial charge < -0.3 is 16.0 Å². The molecule has 0 saturated heterocycles. The van der Waals surface area contributed by atoms with Crippen LogP contribution in [0.25, 0.3) is 22.6 Å². The van der Waals surface area contributed by atoms with E-state index in [0.29, 0.717) is 38.9 Å². The molecule has 0 aliphatic carbocycles. The molecule has 4 aromatic rings. The molecule has 128 valence electrons. The maximum absolute atomic E-state index is 12.4. The Labute approximate surface area is 154 Å². The molecule has 26 heavy (non-hydrogen) atoms. The van der Waals surface area contributed by atoms with E-state index in [2.05, 4.69) is 20.3 Å². The van der Waals surface area contributed by atoms with Crippen LogP contribution in [-0.2, 0) is 0 Å². The monoisotopic (exact) mass is 363 g/mol. The maximum atomic E-state index is 12.4. The predicted molar refractivity (Wildman–Crippen MR) is 103 cm³/mol. The van der Waals surface area contributed by atoms with Gasteiger partial charge in [-0.3, -0.25) is 4.79 Å². The molecule has 1 amide bonds. The largest absolute Gasteiger partial charge is 0.399 e. The number of aromatic nitrogens is 3. The van der Waals surface area contributed by atoms with Crippen molar-refractivity contribution >= 4 is 40.0 Å². The number of benzene rings is 2. The molecule has 0 spiro atoms. The number of carbonyl (C=O) groups excluding carboxylic acids is 1. The first-order chi connectivity index (χ1) is 12.6. The van der Waals surface area contributed by atoms with E-state index >= 15 is 0 Å². The van der Waals surface area contributed by atoms with Gasteiger partial charge in [0.25, 0.3) is 5.91 Å². The maximum Gasteiger partial charge on any atom is 0.257 e. The lowest BCUT2D eigenvalue weighted by Crippen LogP contribution is -2.12. The number of fused-ring (bicyclic) bond motifs is 1. The Hall–Kier alpha value is -3.38. The van der Waals surface area contributed by atoms with E-state index in [1.165, 1.54) is 0 Å². The molecular weight excluding hydrogens is 350 g/mol. The Kier molecular flexibility index (Phi) is 4.02. The van der Waals surface area contributed by atoms with Crippen LogP contribution in [0.4, 0.5) is 11.4 Å². The van der Waals surface area contributed by atoms with Crippen LogP contribution in [-0.4, -0.2) is 20.9 Å². The molecule has 0 radical (unpaired) electrons. The fourth-order valence-corrected chi connectivity index (χ4v) is 2.86. The van der Waals surface area contributed by atoms with Crippen LogP contribution in [0.2, 0.25) is 5.02 Å². The highest BCUT2D eigenvalue weighted by Gasteiger charge is 2.12. The van der Waals surface area contributed by atoms with Crippen molar-refractivity contribution in [1.82, 2.24) is 15.0 Å². The third kappa shape index (κ3) is 3.10. The summed E-state index contributed by atoms with van der Waals surface area (Å²) in [7, 11) is 0. The first kappa shape index (κ1) is 16.1. The summed E-state index contributed by atoms with van der Waals surface area (Å²) in [6.07, 6.45) is 1.56. The quantitative estimate of drug-likeness (QED) is 0.477. The molecule has 7 heteroatoms. The Morgan fingerprint density at radius 2 is 1.96 bits per heavy atom. The number of carbonyl (C=O) groups is 1. The molecule has 2 aromatic carbocycles. The lowest BCUT2D eigenvalue weighted by Gasteiger charge is -2.06. The van der Waals surface area contributed by atoms with Crippen molar-refractivity contribution in [1.29, 1.82) is 0 Å². The lowest BCUT2D eigenvalue weighted by molar-refractivity contribution is 0.102. The van der Waals surface area contributed by atoms with Crippen LogP contribution in [0.5, 0.6) is 0 Å². The van der Waals surface area contributed by atoms with Crippen LogP contribution < -0.4 is 11.1 Å². The molecule has 0 atom stereocenters. The van der Waals surface area contributed by atoms with Crippen molar-refractivity contribution in [2.45, 2.75) is 0 Å². The lowest BCUT2D eigenvalue weighted by atomic mass is 10.2. The molecule has 4 N–H and O–H groups in total. The van der Waals surface area contributed by atoms with E-state index in [0.717, 1.165) is 5.56 Å². The molecule has 0 bridgehead atoms. The van der Waals surface area contributed by atoms with Crippen molar-refractivity contribution in [3.05, 3.63) is 71.4 Å². The normalized spacial score (nSPS) is 10.8. The van der Waals surface area contributed by atoms with Crippen molar-refractivity contribution in [2.75, 3.05) is 11.1 Å². The Morgan fingerprint density at radius 1 is 1.12 bits per heavy atom. The molecule has 0 fully saturated rings. The summed E-state index contributed by atoms with van der Waals surface area (Å²) in [5.41, 5.74) is 9.55. The van der Waals surface area contributed by atoms with Gasteiger partial charge in [0, 0.05) is 11.3 Å². The third-order valence-electron chi connectivity index (χ3n) is 3.87. The number of imidazole rings is 1. The summed E-state index contributed by atoms with van der Waals surface area (Å²) in [5.74, 6) is 0.363. The first-order valence-corrected chi connectivity index (χ1v) is 8.25. The van der Waals surface area contributed by atoms with Crippen molar-refractivity contribution in [2.24, 2.45) is 0 Å². The van der Waals surface area contributed by atoms with Crippen LogP contribution >= 0.6 is 11.6 Å². The van der Waals surface area contributed by atoms with Crippen molar-refractivity contribution < 1.29 is 4.79 Å². The molecule has 0 aliphatic rings. The number of hydrogen-bond donors (Lipinski definition) is 3. The van der Waals surface area contributed by atoms with Gasteiger partial charge in [-0.2, -0.15) is 0 Å². The Bertz CT molecular complexity index is 1120. The van der Waals surface area contributed by atoms with Gasteiger partial charge in [-0.05, 0) is 30.3 Å². The summed E-state index contributed by atoms with van der Waals surface area (Å²) in [5, 5.41) is 3.19. The number of nitrogens with two attached hydrogens (primary N) is 1. The number of pyridine rings is 1. The van der Waals surface area contributed by atoms with Crippen LogP contribution in [0.15, 0.2) is 60.8 Å². The van der Waals surface area contributed by atoms with Gasteiger partial charge >= 0.3 is 0 Å². The number of amides is 1. The van der Waals surface area contributed by atoms with E-state index in [4.69, 9.17) is 17.3 Å². The highest BCUT2D eigenvalue weighted by molar-refractivity contribution is 6.34. The minimum absolute atomic E-state index is 0.299. The average Bonchev–Trinajstić information content (AvgIpc) is 3.05. The zero-order chi connectivity index (χ0) is 18.1. The zero-order valence-corrected chi connectivity index (χ0v) is 14.3. The van der Waals surface area contributed by atoms with Crippen molar-refractivity contribution in [3.8, 4) is 11.4 Å². The van der Waals surface area contributed by atoms with E-state index < -0.39 is 0 Å². The van der Waals surface area contributed by atoms with Gasteiger partial charge in [0.05, 0.1) is 28.0 Å². The van der Waals surface area contributed by atoms with E-state index in [9.17, 15) is 4.79 Å². The number of aromatic amines is 1. The Balaban J connectivity index is 1.64. The smallest absolute Gasteiger partial charge is 0.257 e. The molecule has 4 rings (SSSR count). The number of nitrogens with zero attached hydrogens (tertiary/aromatic N) is 2. The Morgan fingerprint density at radius 3 is 2.77 bits per heavy atom. The molecule has 6 nitrogen and oxygen atoms in total. The fraction of sp³-hybridized carbons (Fsp3) is 0. The first-order valence-electron chi connectivity index (χ1n) is 7.88. The highest BCUT2D eigenvalue weighted by atomic mass is 35.5. The van der Waals surface area contributed by atoms with Crippen molar-refractivity contribution in [3.63, 3.8) is 0 Å². The molecule has 0 saturated carbocycles.